The van der Waals surface area contributed by atoms with Gasteiger partial charge in [0.05, 0.1) is 18.3 Å². The Kier molecular flexibility index (Phi) is 33.5. The van der Waals surface area contributed by atoms with E-state index in [2.05, 4.69) is 77.1 Å². The Morgan fingerprint density at radius 1 is 0.522 bits per heavy atom. The highest BCUT2D eigenvalue weighted by Gasteiger charge is 2.16. The van der Waals surface area contributed by atoms with Crippen molar-refractivity contribution in [2.75, 3.05) is 19.6 Å². The molecule has 3 heterocycles. The van der Waals surface area contributed by atoms with Gasteiger partial charge in [-0.05, 0) is 85.5 Å². The summed E-state index contributed by atoms with van der Waals surface area (Å²) in [4.78, 5) is 78.4. The largest absolute Gasteiger partial charge is 0.356 e. The van der Waals surface area contributed by atoms with E-state index in [1.807, 2.05) is 0 Å². The van der Waals surface area contributed by atoms with Crippen molar-refractivity contribution in [3.63, 3.8) is 0 Å². The van der Waals surface area contributed by atoms with Gasteiger partial charge in [-0.1, -0.05) is 25.6 Å². The number of carbonyl (C=O) groups is 7. The van der Waals surface area contributed by atoms with Crippen molar-refractivity contribution < 1.29 is 33.6 Å². The molecule has 0 spiro atoms. The molecule has 3 aromatic rings. The molecule has 367 valence electrons. The minimum atomic E-state index is -0.539. The minimum absolute atomic E-state index is 0.00742. The van der Waals surface area contributed by atoms with Crippen LogP contribution in [0.3, 0.4) is 0 Å². The molecule has 0 aliphatic heterocycles. The van der Waals surface area contributed by atoms with Gasteiger partial charge in [0.25, 0.3) is 0 Å². The molecule has 1 radical (unpaired) electrons. The molecule has 7 N–H and O–H groups in total. The summed E-state index contributed by atoms with van der Waals surface area (Å²) in [7, 11) is 1.42. The minimum Gasteiger partial charge on any atom is -0.356 e. The normalized spacial score (nSPS) is 11.8. The lowest BCUT2D eigenvalue weighted by atomic mass is 9.69. The van der Waals surface area contributed by atoms with Crippen LogP contribution in [0.1, 0.15) is 140 Å². The van der Waals surface area contributed by atoms with Gasteiger partial charge in [0.15, 0.2) is 43.2 Å². The number of aromatic nitrogens is 12. The first kappa shape index (κ1) is 58.9. The molecule has 24 nitrogen and oxygen atoms in total. The van der Waals surface area contributed by atoms with Crippen LogP contribution in [0.4, 0.5) is 0 Å². The quantitative estimate of drug-likeness (QED) is 0.0311. The lowest BCUT2D eigenvalue weighted by Crippen LogP contribution is -2.31. The van der Waals surface area contributed by atoms with Crippen molar-refractivity contribution in [1.29, 1.82) is 0 Å². The molecule has 0 saturated heterocycles. The summed E-state index contributed by atoms with van der Waals surface area (Å²) in [5.74, 6) is 1.87. The number of hydrogen-bond donors (Lipinski definition) is 5. The third kappa shape index (κ3) is 33.1. The molecular formula is C42H69BN17O7. The SMILES string of the molecule is CC(=O)C(C[B]C=O)CCC(=O)NCCCCCc1nncnn1.CC(=O)C(N)CCC(=O)NCCCCCc1nnc(C)nn1.CC(=O)C(N)CCC(=O)NCCCCCc1nncnn1. The molecule has 3 atom stereocenters. The number of nitrogens with one attached hydrogen (secondary N) is 3. The fraction of sp³-hybridized carbons (Fsp3) is 0.690. The second-order valence-electron chi connectivity index (χ2n) is 15.7. The van der Waals surface area contributed by atoms with Crippen LogP contribution < -0.4 is 27.4 Å². The zero-order valence-corrected chi connectivity index (χ0v) is 39.5. The second kappa shape index (κ2) is 38.0. The van der Waals surface area contributed by atoms with Crippen LogP contribution >= 0.6 is 0 Å². The number of hydrogen-bond acceptors (Lipinski definition) is 21. The Balaban J connectivity index is 0.000000504. The Hall–Kier alpha value is -6.11. The number of aryl methyl sites for hydroxylation is 4. The molecule has 0 aliphatic carbocycles. The van der Waals surface area contributed by atoms with Crippen molar-refractivity contribution in [3.8, 4) is 0 Å². The standard InChI is InChI=1S/C15H23BN5O3.C14H24N6O2.C13H22N6O2/c1-12(23)13(9-16-10-22)6-7-15(24)17-8-4-2-3-5-14-20-18-11-19-21-14;1-10(21)12(15)7-8-14(22)16-9-5-3-4-6-13-19-17-11(2)18-20-13;1-10(20)11(14)6-7-13(21)15-8-4-2-3-5-12-18-16-9-17-19-12/h10-11,13H,2-9H2,1H3,(H,17,24);12H,3-9,15H2,1-2H3,(H,16,22);9,11H,2-8,14H2,1H3,(H,15,21). The van der Waals surface area contributed by atoms with E-state index < -0.39 is 12.1 Å². The number of Topliss-reactive ketones (excluding diaryl/α,β-unsaturated/α-hetero) is 3. The van der Waals surface area contributed by atoms with E-state index >= 15 is 0 Å². The number of nitrogens with two attached hydrogens (primary N) is 2. The molecule has 3 amide bonds. The van der Waals surface area contributed by atoms with Gasteiger partial charge >= 0.3 is 0 Å². The summed E-state index contributed by atoms with van der Waals surface area (Å²) in [6.45, 7) is 7.96. The zero-order chi connectivity index (χ0) is 49.5. The molecule has 67 heavy (non-hydrogen) atoms. The van der Waals surface area contributed by atoms with Gasteiger partial charge in [-0.3, -0.25) is 28.8 Å². The van der Waals surface area contributed by atoms with Crippen LogP contribution in [0.15, 0.2) is 12.7 Å². The highest BCUT2D eigenvalue weighted by atomic mass is 16.2. The Morgan fingerprint density at radius 3 is 1.22 bits per heavy atom. The Morgan fingerprint density at radius 2 is 0.881 bits per heavy atom. The monoisotopic (exact) mass is 935 g/mol. The van der Waals surface area contributed by atoms with E-state index in [-0.39, 0.29) is 53.8 Å². The first-order valence-electron chi connectivity index (χ1n) is 22.8. The maximum atomic E-state index is 11.8. The Bertz CT molecular complexity index is 1860. The number of rotatable bonds is 33. The number of unbranched alkanes of at least 4 members (excludes halogenated alkanes) is 6. The summed E-state index contributed by atoms with van der Waals surface area (Å²) in [6, 6.07) is -1.08. The third-order valence-electron chi connectivity index (χ3n) is 9.94. The van der Waals surface area contributed by atoms with Gasteiger partial charge in [-0.15, -0.1) is 61.2 Å². The van der Waals surface area contributed by atoms with Crippen LogP contribution in [0.5, 0.6) is 0 Å². The molecule has 0 fully saturated rings. The first-order valence-corrected chi connectivity index (χ1v) is 22.8. The smallest absolute Gasteiger partial charge is 0.220 e. The maximum absolute atomic E-state index is 11.8. The van der Waals surface area contributed by atoms with Crippen molar-refractivity contribution in [2.24, 2.45) is 17.4 Å². The van der Waals surface area contributed by atoms with Gasteiger partial charge in [0.2, 0.25) is 17.7 Å². The topological polar surface area (TPSA) is 362 Å². The highest BCUT2D eigenvalue weighted by Crippen LogP contribution is 2.13. The number of nitrogens with zero attached hydrogens (tertiary/aromatic N) is 12. The molecule has 0 saturated carbocycles. The van der Waals surface area contributed by atoms with Crippen molar-refractivity contribution in [1.82, 2.24) is 77.1 Å². The van der Waals surface area contributed by atoms with Crippen LogP contribution in [0.2, 0.25) is 6.32 Å². The van der Waals surface area contributed by atoms with Gasteiger partial charge < -0.3 is 32.2 Å². The average Bonchev–Trinajstić information content (AvgIpc) is 3.32. The summed E-state index contributed by atoms with van der Waals surface area (Å²) >= 11 is 0. The summed E-state index contributed by atoms with van der Waals surface area (Å²) in [5, 5.41) is 54.1. The predicted octanol–water partition coefficient (Wildman–Crippen LogP) is 0.286. The number of amides is 3. The van der Waals surface area contributed by atoms with E-state index in [1.165, 1.54) is 40.7 Å². The molecular weight excluding hydrogens is 865 g/mol. The van der Waals surface area contributed by atoms with Gasteiger partial charge in [-0.2, -0.15) is 0 Å². The Labute approximate surface area is 393 Å². The molecule has 0 aliphatic rings. The van der Waals surface area contributed by atoms with E-state index in [1.54, 1.807) is 6.92 Å². The van der Waals surface area contributed by atoms with Crippen LogP contribution in [-0.4, -0.2) is 141 Å². The fourth-order valence-electron chi connectivity index (χ4n) is 5.75. The van der Waals surface area contributed by atoms with Gasteiger partial charge in [0.1, 0.15) is 17.3 Å². The van der Waals surface area contributed by atoms with Gasteiger partial charge in [-0.25, -0.2) is 0 Å². The second-order valence-corrected chi connectivity index (χ2v) is 15.7. The molecule has 3 unspecified atom stereocenters. The molecule has 0 aromatic carbocycles. The van der Waals surface area contributed by atoms with E-state index in [9.17, 15) is 33.6 Å². The molecule has 25 heteroatoms. The number of carbonyl (C=O) groups excluding carboxylic acids is 7. The fourth-order valence-corrected chi connectivity index (χ4v) is 5.75. The van der Waals surface area contributed by atoms with Crippen molar-refractivity contribution in [3.05, 3.63) is 36.0 Å². The van der Waals surface area contributed by atoms with Crippen molar-refractivity contribution in [2.45, 2.75) is 162 Å². The van der Waals surface area contributed by atoms with Crippen LogP contribution in [0.25, 0.3) is 0 Å². The molecule has 3 aromatic heterocycles. The lowest BCUT2D eigenvalue weighted by Gasteiger charge is -2.11. The lowest BCUT2D eigenvalue weighted by molar-refractivity contribution is -0.124. The highest BCUT2D eigenvalue weighted by molar-refractivity contribution is 6.66. The van der Waals surface area contributed by atoms with E-state index in [0.717, 1.165) is 77.0 Å². The summed E-state index contributed by atoms with van der Waals surface area (Å²) in [5.41, 5.74) is 11.1. The third-order valence-corrected chi connectivity index (χ3v) is 9.94. The molecule has 3 rings (SSSR count). The average molecular weight is 935 g/mol. The number of ketones is 3. The van der Waals surface area contributed by atoms with Crippen LogP contribution in [0, 0.1) is 12.8 Å². The van der Waals surface area contributed by atoms with Gasteiger partial charge in [0, 0.05) is 64.1 Å². The van der Waals surface area contributed by atoms with Crippen molar-refractivity contribution >= 4 is 48.5 Å². The summed E-state index contributed by atoms with van der Waals surface area (Å²) in [6.07, 6.45) is 16.3. The zero-order valence-electron chi connectivity index (χ0n) is 39.5. The summed E-state index contributed by atoms with van der Waals surface area (Å²) < 4.78 is 0. The van der Waals surface area contributed by atoms with E-state index in [0.29, 0.717) is 81.1 Å². The van der Waals surface area contributed by atoms with E-state index in [4.69, 9.17) is 11.5 Å². The maximum Gasteiger partial charge on any atom is 0.220 e. The first-order chi connectivity index (χ1) is 32.2. The van der Waals surface area contributed by atoms with Crippen LogP contribution in [-0.2, 0) is 52.8 Å². The predicted molar refractivity (Wildman–Crippen MR) is 246 cm³/mol. The molecule has 0 bridgehead atoms.